The zero-order valence-corrected chi connectivity index (χ0v) is 11.7. The fourth-order valence-electron chi connectivity index (χ4n) is 1.59. The van der Waals surface area contributed by atoms with E-state index in [4.69, 9.17) is 0 Å². The van der Waals surface area contributed by atoms with E-state index in [-0.39, 0.29) is 4.90 Å². The Morgan fingerprint density at radius 3 is 2.50 bits per heavy atom. The molecule has 5 nitrogen and oxygen atoms in total. The summed E-state index contributed by atoms with van der Waals surface area (Å²) in [5.74, 6) is -0.905. The summed E-state index contributed by atoms with van der Waals surface area (Å²) in [6.45, 7) is 1.88. The van der Waals surface area contributed by atoms with Crippen LogP contribution in [-0.2, 0) is 9.84 Å². The van der Waals surface area contributed by atoms with Crippen LogP contribution in [-0.4, -0.2) is 25.2 Å². The summed E-state index contributed by atoms with van der Waals surface area (Å²) in [6.07, 6.45) is 2.92. The van der Waals surface area contributed by atoms with Gasteiger partial charge in [-0.15, -0.1) is 0 Å². The second kappa shape index (κ2) is 5.83. The number of hydrogen-bond donors (Lipinski definition) is 1. The van der Waals surface area contributed by atoms with Crippen LogP contribution >= 0.6 is 0 Å². The van der Waals surface area contributed by atoms with Gasteiger partial charge in [-0.2, -0.15) is 0 Å². The average Bonchev–Trinajstić information content (AvgIpc) is 2.46. The molecule has 1 heterocycles. The van der Waals surface area contributed by atoms with Crippen molar-refractivity contribution < 1.29 is 13.2 Å². The lowest BCUT2D eigenvalue weighted by molar-refractivity contribution is 0.0959. The summed E-state index contributed by atoms with van der Waals surface area (Å²) in [6, 6.07) is 9.68. The Labute approximate surface area is 117 Å². The van der Waals surface area contributed by atoms with E-state index >= 15 is 0 Å². The fraction of sp³-hybridized carbons (Fsp3) is 0.143. The Hall–Kier alpha value is -2.21. The van der Waals surface area contributed by atoms with Gasteiger partial charge in [0.25, 0.3) is 5.91 Å². The minimum absolute atomic E-state index is 0.189. The number of pyridine rings is 1. The minimum Gasteiger partial charge on any atom is -0.338 e. The summed E-state index contributed by atoms with van der Waals surface area (Å²) in [5, 5.41) is 2.39. The van der Waals surface area contributed by atoms with Gasteiger partial charge in [-0.3, -0.25) is 9.78 Å². The van der Waals surface area contributed by atoms with E-state index in [1.165, 1.54) is 18.3 Å². The van der Waals surface area contributed by atoms with Crippen LogP contribution in [0.3, 0.4) is 0 Å². The lowest BCUT2D eigenvalue weighted by Gasteiger charge is -2.07. The summed E-state index contributed by atoms with van der Waals surface area (Å²) >= 11 is 0. The third kappa shape index (κ3) is 3.42. The van der Waals surface area contributed by atoms with Crippen molar-refractivity contribution in [1.82, 2.24) is 10.3 Å². The van der Waals surface area contributed by atoms with E-state index in [9.17, 15) is 13.2 Å². The molecule has 1 amide bonds. The maximum absolute atomic E-state index is 12.0. The molecule has 2 aromatic rings. The van der Waals surface area contributed by atoms with E-state index in [0.29, 0.717) is 5.56 Å². The molecule has 6 heteroatoms. The average molecular weight is 290 g/mol. The van der Waals surface area contributed by atoms with Crippen molar-refractivity contribution in [3.63, 3.8) is 0 Å². The molecule has 0 bridgehead atoms. The summed E-state index contributed by atoms with van der Waals surface area (Å²) in [5.41, 5.74) is 1.30. The van der Waals surface area contributed by atoms with Gasteiger partial charge in [0.15, 0.2) is 9.84 Å². The van der Waals surface area contributed by atoms with Crippen LogP contribution in [0.1, 0.15) is 15.9 Å². The van der Waals surface area contributed by atoms with Crippen LogP contribution in [0.15, 0.2) is 53.7 Å². The molecular weight excluding hydrogens is 276 g/mol. The number of sulfone groups is 1. The predicted octanol–water partition coefficient (Wildman–Crippen LogP) is 1.55. The first kappa shape index (κ1) is 14.2. The van der Waals surface area contributed by atoms with Crippen LogP contribution < -0.4 is 5.32 Å². The molecule has 1 N–H and O–H groups in total. The van der Waals surface area contributed by atoms with Crippen LogP contribution in [0.4, 0.5) is 0 Å². The number of aryl methyl sites for hydroxylation is 1. The number of carbonyl (C=O) groups excluding carboxylic acids is 1. The number of nitrogens with one attached hydrogen (secondary N) is 1. The molecule has 0 atom stereocenters. The minimum atomic E-state index is -3.53. The molecule has 0 saturated heterocycles. The molecule has 20 heavy (non-hydrogen) atoms. The van der Waals surface area contributed by atoms with Gasteiger partial charge in [-0.05, 0) is 31.2 Å². The van der Waals surface area contributed by atoms with Gasteiger partial charge in [-0.25, -0.2) is 8.42 Å². The Kier molecular flexibility index (Phi) is 4.14. The van der Waals surface area contributed by atoms with Crippen LogP contribution in [0.25, 0.3) is 0 Å². The first-order valence-electron chi connectivity index (χ1n) is 5.97. The van der Waals surface area contributed by atoms with E-state index < -0.39 is 21.6 Å². The Morgan fingerprint density at radius 1 is 1.20 bits per heavy atom. The Balaban J connectivity index is 2.06. The summed E-state index contributed by atoms with van der Waals surface area (Å²) in [4.78, 5) is 15.8. The molecule has 0 spiro atoms. The van der Waals surface area contributed by atoms with Crippen molar-refractivity contribution in [1.29, 1.82) is 0 Å². The molecule has 0 radical (unpaired) electrons. The first-order chi connectivity index (χ1) is 9.49. The SMILES string of the molecule is Cc1ccc(S(=O)(=O)CNC(=O)c2cccnc2)cc1. The zero-order valence-electron chi connectivity index (χ0n) is 10.9. The smallest absolute Gasteiger partial charge is 0.253 e. The van der Waals surface area contributed by atoms with Gasteiger partial charge in [-0.1, -0.05) is 17.7 Å². The number of rotatable bonds is 4. The standard InChI is InChI=1S/C14H14N2O3S/c1-11-4-6-13(7-5-11)20(18,19)10-16-14(17)12-3-2-8-15-9-12/h2-9H,10H2,1H3,(H,16,17). The highest BCUT2D eigenvalue weighted by Gasteiger charge is 2.16. The molecule has 1 aromatic carbocycles. The van der Waals surface area contributed by atoms with Gasteiger partial charge in [0, 0.05) is 12.4 Å². The van der Waals surface area contributed by atoms with Crippen LogP contribution in [0.5, 0.6) is 0 Å². The molecule has 0 aliphatic heterocycles. The maximum atomic E-state index is 12.0. The van der Waals surface area contributed by atoms with Gasteiger partial charge < -0.3 is 5.32 Å². The molecule has 0 saturated carbocycles. The van der Waals surface area contributed by atoms with Gasteiger partial charge >= 0.3 is 0 Å². The lowest BCUT2D eigenvalue weighted by atomic mass is 10.2. The lowest BCUT2D eigenvalue weighted by Crippen LogP contribution is -2.29. The highest BCUT2D eigenvalue weighted by atomic mass is 32.2. The van der Waals surface area contributed by atoms with Crippen LogP contribution in [0, 0.1) is 6.92 Å². The third-order valence-corrected chi connectivity index (χ3v) is 4.24. The van der Waals surface area contributed by atoms with E-state index in [1.54, 1.807) is 30.5 Å². The summed E-state index contributed by atoms with van der Waals surface area (Å²) in [7, 11) is -3.53. The molecule has 1 aromatic heterocycles. The quantitative estimate of drug-likeness (QED) is 0.927. The second-order valence-electron chi connectivity index (χ2n) is 4.32. The van der Waals surface area contributed by atoms with Crippen molar-refractivity contribution in [2.75, 3.05) is 5.88 Å². The number of carbonyl (C=O) groups is 1. The maximum Gasteiger partial charge on any atom is 0.253 e. The van der Waals surface area contributed by atoms with Crippen molar-refractivity contribution in [2.24, 2.45) is 0 Å². The Morgan fingerprint density at radius 2 is 1.90 bits per heavy atom. The highest BCUT2D eigenvalue weighted by Crippen LogP contribution is 2.11. The summed E-state index contributed by atoms with van der Waals surface area (Å²) < 4.78 is 24.1. The van der Waals surface area contributed by atoms with Crippen molar-refractivity contribution in [3.8, 4) is 0 Å². The number of nitrogens with zero attached hydrogens (tertiary/aromatic N) is 1. The van der Waals surface area contributed by atoms with Crippen molar-refractivity contribution in [2.45, 2.75) is 11.8 Å². The largest absolute Gasteiger partial charge is 0.338 e. The Bertz CT molecular complexity index is 695. The number of hydrogen-bond acceptors (Lipinski definition) is 4. The van der Waals surface area contributed by atoms with Crippen molar-refractivity contribution >= 4 is 15.7 Å². The van der Waals surface area contributed by atoms with Gasteiger partial charge in [0.05, 0.1) is 10.5 Å². The predicted molar refractivity (Wildman–Crippen MR) is 74.9 cm³/mol. The van der Waals surface area contributed by atoms with E-state index in [0.717, 1.165) is 5.56 Å². The third-order valence-electron chi connectivity index (χ3n) is 2.73. The van der Waals surface area contributed by atoms with E-state index in [1.807, 2.05) is 6.92 Å². The fourth-order valence-corrected chi connectivity index (χ4v) is 2.63. The molecular formula is C14H14N2O3S. The molecule has 0 unspecified atom stereocenters. The second-order valence-corrected chi connectivity index (χ2v) is 6.31. The van der Waals surface area contributed by atoms with Gasteiger partial charge in [0.2, 0.25) is 0 Å². The van der Waals surface area contributed by atoms with Gasteiger partial charge in [0.1, 0.15) is 5.88 Å². The number of aromatic nitrogens is 1. The molecule has 0 aliphatic carbocycles. The first-order valence-corrected chi connectivity index (χ1v) is 7.62. The monoisotopic (exact) mass is 290 g/mol. The number of benzene rings is 1. The molecule has 0 aliphatic rings. The molecule has 0 fully saturated rings. The normalized spacial score (nSPS) is 11.1. The molecule has 2 rings (SSSR count). The number of amides is 1. The molecule has 104 valence electrons. The van der Waals surface area contributed by atoms with Crippen LogP contribution in [0.2, 0.25) is 0 Å². The zero-order chi connectivity index (χ0) is 14.6. The topological polar surface area (TPSA) is 76.1 Å². The highest BCUT2D eigenvalue weighted by molar-refractivity contribution is 7.91. The van der Waals surface area contributed by atoms with E-state index in [2.05, 4.69) is 10.3 Å². The van der Waals surface area contributed by atoms with Crippen molar-refractivity contribution in [3.05, 3.63) is 59.9 Å².